The van der Waals surface area contributed by atoms with Crippen LogP contribution in [0.1, 0.15) is 37.1 Å². The summed E-state index contributed by atoms with van der Waals surface area (Å²) in [5.41, 5.74) is 5.35. The molecule has 23 heavy (non-hydrogen) atoms. The summed E-state index contributed by atoms with van der Waals surface area (Å²) in [7, 11) is 0. The highest BCUT2D eigenvalue weighted by Crippen LogP contribution is 2.28. The topological polar surface area (TPSA) is 54.0 Å². The van der Waals surface area contributed by atoms with Crippen LogP contribution in [0, 0.1) is 6.92 Å². The van der Waals surface area contributed by atoms with Crippen LogP contribution in [0.2, 0.25) is 0 Å². The Morgan fingerprint density at radius 1 is 1.43 bits per heavy atom. The molecule has 5 heteroatoms. The van der Waals surface area contributed by atoms with Crippen molar-refractivity contribution in [2.24, 2.45) is 0 Å². The standard InChI is InChI=1S/C18H23N3OS/c1-12(20-10-17(22)16-4-3-9-19-16)14-5-7-15(8-6-14)18-13(2)21-11-23-18/h5-8,11-12,16,19-20H,3-4,9-10H2,1-2H3/t12-,16-/m0/s1. The van der Waals surface area contributed by atoms with E-state index in [0.717, 1.165) is 25.1 Å². The zero-order valence-corrected chi connectivity index (χ0v) is 14.5. The number of carbonyl (C=O) groups is 1. The van der Waals surface area contributed by atoms with Gasteiger partial charge in [-0.1, -0.05) is 24.3 Å². The van der Waals surface area contributed by atoms with Gasteiger partial charge in [0.25, 0.3) is 0 Å². The van der Waals surface area contributed by atoms with Crippen molar-refractivity contribution >= 4 is 17.1 Å². The van der Waals surface area contributed by atoms with Crippen molar-refractivity contribution in [2.75, 3.05) is 13.1 Å². The van der Waals surface area contributed by atoms with Gasteiger partial charge in [0.2, 0.25) is 0 Å². The smallest absolute Gasteiger partial charge is 0.163 e. The van der Waals surface area contributed by atoms with Crippen molar-refractivity contribution in [1.82, 2.24) is 15.6 Å². The fourth-order valence-electron chi connectivity index (χ4n) is 2.96. The predicted octanol–water partition coefficient (Wildman–Crippen LogP) is 3.09. The average molecular weight is 329 g/mol. The summed E-state index contributed by atoms with van der Waals surface area (Å²) in [6, 6.07) is 8.74. The fraction of sp³-hybridized carbons (Fsp3) is 0.444. The lowest BCUT2D eigenvalue weighted by Gasteiger charge is -2.16. The first-order chi connectivity index (χ1) is 11.1. The summed E-state index contributed by atoms with van der Waals surface area (Å²) in [5.74, 6) is 0.270. The van der Waals surface area contributed by atoms with Gasteiger partial charge in [0.1, 0.15) is 0 Å². The van der Waals surface area contributed by atoms with Crippen LogP contribution in [-0.4, -0.2) is 29.9 Å². The van der Waals surface area contributed by atoms with Crippen LogP contribution in [0.4, 0.5) is 0 Å². The Bertz CT molecular complexity index is 659. The molecule has 1 aromatic heterocycles. The lowest BCUT2D eigenvalue weighted by atomic mass is 10.0. The largest absolute Gasteiger partial charge is 0.307 e. The Morgan fingerprint density at radius 3 is 2.83 bits per heavy atom. The van der Waals surface area contributed by atoms with E-state index in [2.05, 4.69) is 46.8 Å². The number of hydrogen-bond donors (Lipinski definition) is 2. The first-order valence-corrected chi connectivity index (χ1v) is 9.03. The molecule has 1 saturated heterocycles. The Hall–Kier alpha value is -1.56. The molecular weight excluding hydrogens is 306 g/mol. The van der Waals surface area contributed by atoms with Crippen LogP contribution in [0.25, 0.3) is 10.4 Å². The van der Waals surface area contributed by atoms with Gasteiger partial charge in [0, 0.05) is 6.04 Å². The van der Waals surface area contributed by atoms with Gasteiger partial charge < -0.3 is 10.6 Å². The number of carbonyl (C=O) groups excluding carboxylic acids is 1. The van der Waals surface area contributed by atoms with Crippen molar-refractivity contribution < 1.29 is 4.79 Å². The molecule has 0 spiro atoms. The van der Waals surface area contributed by atoms with Crippen molar-refractivity contribution in [1.29, 1.82) is 0 Å². The second-order valence-electron chi connectivity index (χ2n) is 6.11. The number of thiazole rings is 1. The van der Waals surface area contributed by atoms with Gasteiger partial charge in [-0.15, -0.1) is 11.3 Å². The number of ketones is 1. The minimum absolute atomic E-state index is 0.0476. The summed E-state index contributed by atoms with van der Waals surface area (Å²) in [6.07, 6.45) is 2.07. The monoisotopic (exact) mass is 329 g/mol. The molecule has 2 heterocycles. The number of Topliss-reactive ketones (excluding diaryl/α,β-unsaturated/α-hetero) is 1. The van der Waals surface area contributed by atoms with E-state index in [4.69, 9.17) is 0 Å². The molecule has 1 aliphatic rings. The molecule has 0 unspecified atom stereocenters. The van der Waals surface area contributed by atoms with Gasteiger partial charge in [0.05, 0.1) is 28.7 Å². The summed E-state index contributed by atoms with van der Waals surface area (Å²) in [5, 5.41) is 6.60. The van der Waals surface area contributed by atoms with E-state index in [0.29, 0.717) is 6.54 Å². The second-order valence-corrected chi connectivity index (χ2v) is 6.96. The summed E-state index contributed by atoms with van der Waals surface area (Å²) in [6.45, 7) is 5.52. The van der Waals surface area contributed by atoms with Crippen LogP contribution in [0.3, 0.4) is 0 Å². The molecule has 122 valence electrons. The van der Waals surface area contributed by atoms with Crippen LogP contribution in [-0.2, 0) is 4.79 Å². The molecule has 0 aliphatic carbocycles. The number of benzene rings is 1. The molecule has 1 fully saturated rings. The van der Waals surface area contributed by atoms with Gasteiger partial charge in [0.15, 0.2) is 5.78 Å². The molecule has 0 saturated carbocycles. The third-order valence-corrected chi connectivity index (χ3v) is 5.43. The lowest BCUT2D eigenvalue weighted by molar-refractivity contribution is -0.120. The first kappa shape index (κ1) is 16.3. The second kappa shape index (κ2) is 7.34. The average Bonchev–Trinajstić information content (AvgIpc) is 3.24. The highest BCUT2D eigenvalue weighted by atomic mass is 32.1. The highest BCUT2D eigenvalue weighted by Gasteiger charge is 2.21. The lowest BCUT2D eigenvalue weighted by Crippen LogP contribution is -2.38. The van der Waals surface area contributed by atoms with Crippen LogP contribution in [0.15, 0.2) is 29.8 Å². The van der Waals surface area contributed by atoms with Crippen molar-refractivity contribution in [3.05, 3.63) is 41.0 Å². The number of aryl methyl sites for hydroxylation is 1. The van der Waals surface area contributed by atoms with E-state index >= 15 is 0 Å². The summed E-state index contributed by atoms with van der Waals surface area (Å²) < 4.78 is 0. The van der Waals surface area contributed by atoms with Crippen molar-refractivity contribution in [3.63, 3.8) is 0 Å². The molecule has 0 bridgehead atoms. The minimum Gasteiger partial charge on any atom is -0.307 e. The molecule has 0 radical (unpaired) electrons. The Morgan fingerprint density at radius 2 is 2.22 bits per heavy atom. The Labute approximate surface area is 141 Å². The number of nitrogens with zero attached hydrogens (tertiary/aromatic N) is 1. The summed E-state index contributed by atoms with van der Waals surface area (Å²) >= 11 is 1.67. The van der Waals surface area contributed by atoms with Gasteiger partial charge in [-0.2, -0.15) is 0 Å². The molecule has 0 amide bonds. The van der Waals surface area contributed by atoms with Crippen molar-refractivity contribution in [2.45, 2.75) is 38.8 Å². The molecule has 4 nitrogen and oxygen atoms in total. The van der Waals surface area contributed by atoms with E-state index in [9.17, 15) is 4.79 Å². The predicted molar refractivity (Wildman–Crippen MR) is 94.7 cm³/mol. The maximum Gasteiger partial charge on any atom is 0.163 e. The van der Waals surface area contributed by atoms with E-state index in [-0.39, 0.29) is 17.9 Å². The molecule has 3 rings (SSSR count). The van der Waals surface area contributed by atoms with Gasteiger partial charge >= 0.3 is 0 Å². The molecule has 2 N–H and O–H groups in total. The molecule has 1 aliphatic heterocycles. The molecule has 2 aromatic rings. The SMILES string of the molecule is Cc1ncsc1-c1ccc([C@H](C)NCC(=O)[C@@H]2CCCN2)cc1. The van der Waals surface area contributed by atoms with Crippen molar-refractivity contribution in [3.8, 4) is 10.4 Å². The molecule has 2 atom stereocenters. The zero-order chi connectivity index (χ0) is 16.2. The Balaban J connectivity index is 1.58. The third kappa shape index (κ3) is 3.86. The maximum absolute atomic E-state index is 12.1. The number of nitrogens with one attached hydrogen (secondary N) is 2. The fourth-order valence-corrected chi connectivity index (χ4v) is 3.77. The van der Waals surface area contributed by atoms with Crippen LogP contribution in [0.5, 0.6) is 0 Å². The third-order valence-electron chi connectivity index (χ3n) is 4.45. The zero-order valence-electron chi connectivity index (χ0n) is 13.6. The Kier molecular flexibility index (Phi) is 5.20. The summed E-state index contributed by atoms with van der Waals surface area (Å²) in [4.78, 5) is 17.6. The van der Waals surface area contributed by atoms with E-state index < -0.39 is 0 Å². The maximum atomic E-state index is 12.1. The minimum atomic E-state index is 0.0476. The molecule has 1 aromatic carbocycles. The first-order valence-electron chi connectivity index (χ1n) is 8.15. The number of rotatable bonds is 6. The number of hydrogen-bond acceptors (Lipinski definition) is 5. The highest BCUT2D eigenvalue weighted by molar-refractivity contribution is 7.13. The van der Waals surface area contributed by atoms with Crippen LogP contribution < -0.4 is 10.6 Å². The number of aromatic nitrogens is 1. The molecular formula is C18H23N3OS. The quantitative estimate of drug-likeness (QED) is 0.855. The van der Waals surface area contributed by atoms with Gasteiger partial charge in [-0.25, -0.2) is 4.98 Å². The normalized spacial score (nSPS) is 19.0. The van der Waals surface area contributed by atoms with E-state index in [1.807, 2.05) is 12.4 Å². The van der Waals surface area contributed by atoms with Crippen LogP contribution >= 0.6 is 11.3 Å². The van der Waals surface area contributed by atoms with E-state index in [1.165, 1.54) is 16.0 Å². The van der Waals surface area contributed by atoms with Gasteiger partial charge in [-0.05, 0) is 44.4 Å². The van der Waals surface area contributed by atoms with E-state index in [1.54, 1.807) is 11.3 Å². The van der Waals surface area contributed by atoms with Gasteiger partial charge in [-0.3, -0.25) is 4.79 Å².